The van der Waals surface area contributed by atoms with Crippen molar-refractivity contribution < 1.29 is 13.6 Å². The first-order valence-corrected chi connectivity index (χ1v) is 8.99. The Hall–Kier alpha value is -1.75. The number of hydrogen-bond donors (Lipinski definition) is 0. The molecule has 136 valence electrons. The molecule has 5 heteroatoms. The number of amides is 1. The fourth-order valence-corrected chi connectivity index (χ4v) is 3.98. The molecule has 2 aliphatic rings. The van der Waals surface area contributed by atoms with Crippen molar-refractivity contribution in [3.05, 3.63) is 47.0 Å². The van der Waals surface area contributed by atoms with Crippen molar-refractivity contribution in [2.45, 2.75) is 39.7 Å². The van der Waals surface area contributed by atoms with Gasteiger partial charge in [-0.15, -0.1) is 0 Å². The molecular formula is C20H26F2N2O. The normalized spacial score (nSPS) is 24.2. The molecule has 2 heterocycles. The van der Waals surface area contributed by atoms with E-state index in [0.717, 1.165) is 45.0 Å². The zero-order valence-electron chi connectivity index (χ0n) is 15.0. The Kier molecular flexibility index (Phi) is 5.23. The first kappa shape index (κ1) is 18.1. The maximum absolute atomic E-state index is 14.0. The number of halogens is 2. The van der Waals surface area contributed by atoms with E-state index in [0.29, 0.717) is 6.54 Å². The maximum Gasteiger partial charge on any atom is 0.230 e. The van der Waals surface area contributed by atoms with E-state index < -0.39 is 11.6 Å². The SMILES string of the molecule is CC(C)=CCN1CC[C@]2(CCCN(Cc3cccc(F)c3F)C2=O)C1. The van der Waals surface area contributed by atoms with Crippen LogP contribution >= 0.6 is 0 Å². The van der Waals surface area contributed by atoms with E-state index in [4.69, 9.17) is 0 Å². The van der Waals surface area contributed by atoms with E-state index in [2.05, 4.69) is 24.8 Å². The molecule has 0 unspecified atom stereocenters. The molecule has 0 N–H and O–H groups in total. The molecule has 0 aromatic heterocycles. The summed E-state index contributed by atoms with van der Waals surface area (Å²) in [5, 5.41) is 0. The van der Waals surface area contributed by atoms with Gasteiger partial charge in [-0.2, -0.15) is 0 Å². The molecule has 2 fully saturated rings. The Labute approximate surface area is 148 Å². The molecule has 0 aliphatic carbocycles. The summed E-state index contributed by atoms with van der Waals surface area (Å²) in [6.07, 6.45) is 4.84. The number of benzene rings is 1. The molecule has 1 atom stereocenters. The summed E-state index contributed by atoms with van der Waals surface area (Å²) in [7, 11) is 0. The Morgan fingerprint density at radius 1 is 1.24 bits per heavy atom. The average Bonchev–Trinajstić information content (AvgIpc) is 2.98. The zero-order chi connectivity index (χ0) is 18.0. The number of likely N-dealkylation sites (tertiary alicyclic amines) is 2. The predicted octanol–water partition coefficient (Wildman–Crippen LogP) is 3.75. The van der Waals surface area contributed by atoms with E-state index >= 15 is 0 Å². The van der Waals surface area contributed by atoms with Crippen LogP contribution in [-0.2, 0) is 11.3 Å². The number of piperidine rings is 1. The lowest BCUT2D eigenvalue weighted by Gasteiger charge is -2.39. The van der Waals surface area contributed by atoms with Crippen molar-refractivity contribution in [1.82, 2.24) is 9.80 Å². The van der Waals surface area contributed by atoms with Gasteiger partial charge in [0.15, 0.2) is 11.6 Å². The fourth-order valence-electron chi connectivity index (χ4n) is 3.98. The van der Waals surface area contributed by atoms with Crippen molar-refractivity contribution in [1.29, 1.82) is 0 Å². The summed E-state index contributed by atoms with van der Waals surface area (Å²) < 4.78 is 27.4. The van der Waals surface area contributed by atoms with E-state index in [1.54, 1.807) is 11.0 Å². The van der Waals surface area contributed by atoms with Crippen LogP contribution < -0.4 is 0 Å². The first-order valence-electron chi connectivity index (χ1n) is 8.99. The van der Waals surface area contributed by atoms with Gasteiger partial charge in [0.1, 0.15) is 0 Å². The molecule has 0 saturated carbocycles. The second-order valence-corrected chi connectivity index (χ2v) is 7.59. The monoisotopic (exact) mass is 348 g/mol. The number of allylic oxidation sites excluding steroid dienone is 1. The molecule has 0 radical (unpaired) electrons. The summed E-state index contributed by atoms with van der Waals surface area (Å²) in [5.41, 5.74) is 1.18. The first-order chi connectivity index (χ1) is 11.9. The molecule has 2 saturated heterocycles. The molecule has 25 heavy (non-hydrogen) atoms. The topological polar surface area (TPSA) is 23.6 Å². The Morgan fingerprint density at radius 3 is 2.80 bits per heavy atom. The molecule has 1 amide bonds. The molecule has 1 aromatic carbocycles. The van der Waals surface area contributed by atoms with Crippen LogP contribution in [0.2, 0.25) is 0 Å². The fraction of sp³-hybridized carbons (Fsp3) is 0.550. The van der Waals surface area contributed by atoms with Crippen molar-refractivity contribution in [2.75, 3.05) is 26.2 Å². The largest absolute Gasteiger partial charge is 0.338 e. The molecule has 3 nitrogen and oxygen atoms in total. The number of carbonyl (C=O) groups is 1. The van der Waals surface area contributed by atoms with Crippen LogP contribution in [0.5, 0.6) is 0 Å². The van der Waals surface area contributed by atoms with Crippen LogP contribution in [0.1, 0.15) is 38.7 Å². The van der Waals surface area contributed by atoms with E-state index in [1.165, 1.54) is 11.6 Å². The van der Waals surface area contributed by atoms with Gasteiger partial charge in [0, 0.05) is 31.7 Å². The summed E-state index contributed by atoms with van der Waals surface area (Å²) in [4.78, 5) is 17.1. The van der Waals surface area contributed by atoms with E-state index in [1.807, 2.05) is 0 Å². The Morgan fingerprint density at radius 2 is 2.04 bits per heavy atom. The third-order valence-corrected chi connectivity index (χ3v) is 5.41. The molecule has 0 bridgehead atoms. The van der Waals surface area contributed by atoms with Gasteiger partial charge in [0.05, 0.1) is 5.41 Å². The van der Waals surface area contributed by atoms with Crippen molar-refractivity contribution in [3.63, 3.8) is 0 Å². The summed E-state index contributed by atoms with van der Waals surface area (Å²) in [5.74, 6) is -1.60. The van der Waals surface area contributed by atoms with Gasteiger partial charge in [-0.05, 0) is 45.7 Å². The van der Waals surface area contributed by atoms with Gasteiger partial charge in [-0.3, -0.25) is 9.69 Å². The average molecular weight is 348 g/mol. The van der Waals surface area contributed by atoms with Gasteiger partial charge in [-0.25, -0.2) is 8.78 Å². The maximum atomic E-state index is 14.0. The highest BCUT2D eigenvalue weighted by atomic mass is 19.2. The highest BCUT2D eigenvalue weighted by molar-refractivity contribution is 5.84. The second kappa shape index (κ2) is 7.24. The Bertz CT molecular complexity index is 684. The lowest BCUT2D eigenvalue weighted by atomic mass is 9.78. The smallest absolute Gasteiger partial charge is 0.230 e. The van der Waals surface area contributed by atoms with Gasteiger partial charge in [-0.1, -0.05) is 23.8 Å². The third kappa shape index (κ3) is 3.76. The number of hydrogen-bond acceptors (Lipinski definition) is 2. The van der Waals surface area contributed by atoms with Crippen LogP contribution in [0.4, 0.5) is 8.78 Å². The number of carbonyl (C=O) groups excluding carboxylic acids is 1. The van der Waals surface area contributed by atoms with Crippen molar-refractivity contribution >= 4 is 5.91 Å². The molecule has 1 aromatic rings. The molecule has 3 rings (SSSR count). The minimum absolute atomic E-state index is 0.0992. The van der Waals surface area contributed by atoms with Gasteiger partial charge >= 0.3 is 0 Å². The van der Waals surface area contributed by atoms with Crippen molar-refractivity contribution in [3.8, 4) is 0 Å². The quantitative estimate of drug-likeness (QED) is 0.774. The Balaban J connectivity index is 1.71. The minimum atomic E-state index is -0.856. The minimum Gasteiger partial charge on any atom is -0.338 e. The van der Waals surface area contributed by atoms with Crippen LogP contribution in [0, 0.1) is 17.0 Å². The van der Waals surface area contributed by atoms with Crippen LogP contribution in [0.3, 0.4) is 0 Å². The number of nitrogens with zero attached hydrogens (tertiary/aromatic N) is 2. The second-order valence-electron chi connectivity index (χ2n) is 7.59. The summed E-state index contributed by atoms with van der Waals surface area (Å²) >= 11 is 0. The molecular weight excluding hydrogens is 322 g/mol. The van der Waals surface area contributed by atoms with Gasteiger partial charge in [0.25, 0.3) is 0 Å². The van der Waals surface area contributed by atoms with Gasteiger partial charge in [0.2, 0.25) is 5.91 Å². The molecule has 1 spiro atoms. The summed E-state index contributed by atoms with van der Waals surface area (Å²) in [6.45, 7) is 7.47. The zero-order valence-corrected chi connectivity index (χ0v) is 15.0. The highest BCUT2D eigenvalue weighted by Crippen LogP contribution is 2.40. The van der Waals surface area contributed by atoms with E-state index in [-0.39, 0.29) is 23.4 Å². The number of rotatable bonds is 4. The van der Waals surface area contributed by atoms with Crippen LogP contribution in [-0.4, -0.2) is 41.9 Å². The van der Waals surface area contributed by atoms with Crippen LogP contribution in [0.25, 0.3) is 0 Å². The van der Waals surface area contributed by atoms with Crippen LogP contribution in [0.15, 0.2) is 29.8 Å². The van der Waals surface area contributed by atoms with Crippen molar-refractivity contribution in [2.24, 2.45) is 5.41 Å². The molecule has 2 aliphatic heterocycles. The highest BCUT2D eigenvalue weighted by Gasteiger charge is 2.48. The van der Waals surface area contributed by atoms with Gasteiger partial charge < -0.3 is 4.90 Å². The lowest BCUT2D eigenvalue weighted by molar-refractivity contribution is -0.146. The standard InChI is InChI=1S/C20H26F2N2O/c1-15(2)7-11-23-12-9-20(14-23)8-4-10-24(19(20)25)13-16-5-3-6-17(21)18(16)22/h3,5-7H,4,8-14H2,1-2H3/t20-/m1/s1. The summed E-state index contributed by atoms with van der Waals surface area (Å²) in [6, 6.07) is 4.16. The predicted molar refractivity (Wildman–Crippen MR) is 93.9 cm³/mol. The lowest BCUT2D eigenvalue weighted by Crippen LogP contribution is -2.49. The van der Waals surface area contributed by atoms with E-state index in [9.17, 15) is 13.6 Å². The third-order valence-electron chi connectivity index (χ3n) is 5.41.